The number of rotatable bonds is 1. The van der Waals surface area contributed by atoms with Gasteiger partial charge in [0.25, 0.3) is 9.05 Å². The summed E-state index contributed by atoms with van der Waals surface area (Å²) < 4.78 is 58.7. The molecule has 0 fully saturated rings. The van der Waals surface area contributed by atoms with Crippen molar-refractivity contribution in [2.24, 2.45) is 0 Å². The molecule has 0 heterocycles. The number of halogens is 4. The fourth-order valence-corrected chi connectivity index (χ4v) is 1.79. The molecule has 0 atom stereocenters. The third-order valence-electron chi connectivity index (χ3n) is 1.70. The standard InChI is InChI=1S/C8H3ClF3NO2S/c9-16(14,15)6-1-2-7(8(10,11)12)5(3-6)4-13/h1-3H. The smallest absolute Gasteiger partial charge is 0.207 e. The summed E-state index contributed by atoms with van der Waals surface area (Å²) in [6.07, 6.45) is -4.71. The van der Waals surface area contributed by atoms with Crippen molar-refractivity contribution in [3.05, 3.63) is 29.3 Å². The highest BCUT2D eigenvalue weighted by Crippen LogP contribution is 2.33. The molecule has 0 saturated carbocycles. The third-order valence-corrected chi connectivity index (χ3v) is 3.05. The van der Waals surface area contributed by atoms with Crippen LogP contribution in [0.4, 0.5) is 13.2 Å². The Hall–Kier alpha value is -1.26. The second-order valence-electron chi connectivity index (χ2n) is 2.75. The first-order chi connectivity index (χ1) is 7.16. The number of hydrogen-bond donors (Lipinski definition) is 0. The molecule has 0 bridgehead atoms. The molecule has 0 radical (unpaired) electrons. The summed E-state index contributed by atoms with van der Waals surface area (Å²) in [7, 11) is 0.792. The third kappa shape index (κ3) is 2.65. The highest BCUT2D eigenvalue weighted by Gasteiger charge is 2.34. The van der Waals surface area contributed by atoms with Gasteiger partial charge >= 0.3 is 6.18 Å². The zero-order valence-corrected chi connectivity index (χ0v) is 8.99. The van der Waals surface area contributed by atoms with Crippen LogP contribution in [-0.2, 0) is 15.2 Å². The van der Waals surface area contributed by atoms with Crippen molar-refractivity contribution in [2.45, 2.75) is 11.1 Å². The van der Waals surface area contributed by atoms with Crippen LogP contribution in [0.15, 0.2) is 23.1 Å². The van der Waals surface area contributed by atoms with Gasteiger partial charge in [0.2, 0.25) is 0 Å². The van der Waals surface area contributed by atoms with Crippen LogP contribution in [0, 0.1) is 11.3 Å². The lowest BCUT2D eigenvalue weighted by Crippen LogP contribution is -2.08. The average Bonchev–Trinajstić information content (AvgIpc) is 2.14. The van der Waals surface area contributed by atoms with Crippen molar-refractivity contribution in [3.63, 3.8) is 0 Å². The Morgan fingerprint density at radius 2 is 1.88 bits per heavy atom. The summed E-state index contributed by atoms with van der Waals surface area (Å²) in [5, 5.41) is 8.48. The van der Waals surface area contributed by atoms with Crippen molar-refractivity contribution in [2.75, 3.05) is 0 Å². The highest BCUT2D eigenvalue weighted by molar-refractivity contribution is 8.13. The maximum absolute atomic E-state index is 12.3. The fourth-order valence-electron chi connectivity index (χ4n) is 1.01. The van der Waals surface area contributed by atoms with Crippen LogP contribution in [-0.4, -0.2) is 8.42 Å². The fraction of sp³-hybridized carbons (Fsp3) is 0.125. The van der Waals surface area contributed by atoms with Crippen LogP contribution < -0.4 is 0 Å². The topological polar surface area (TPSA) is 57.9 Å². The minimum absolute atomic E-state index is 0.508. The molecule has 1 rings (SSSR count). The molecule has 0 aliphatic rings. The van der Waals surface area contributed by atoms with E-state index in [9.17, 15) is 21.6 Å². The van der Waals surface area contributed by atoms with E-state index < -0.39 is 31.2 Å². The summed E-state index contributed by atoms with van der Waals surface area (Å²) in [5.74, 6) is 0. The first-order valence-corrected chi connectivity index (χ1v) is 6.03. The van der Waals surface area contributed by atoms with E-state index in [1.54, 1.807) is 0 Å². The molecule has 0 aliphatic heterocycles. The van der Waals surface area contributed by atoms with E-state index in [0.29, 0.717) is 18.2 Å². The molecule has 8 heteroatoms. The summed E-state index contributed by atoms with van der Waals surface area (Å²) in [5.41, 5.74) is -1.98. The predicted molar refractivity (Wildman–Crippen MR) is 49.2 cm³/mol. The minimum Gasteiger partial charge on any atom is -0.207 e. The van der Waals surface area contributed by atoms with Crippen LogP contribution in [0.25, 0.3) is 0 Å². The normalized spacial score (nSPS) is 12.2. The van der Waals surface area contributed by atoms with Crippen LogP contribution in [0.5, 0.6) is 0 Å². The second kappa shape index (κ2) is 3.96. The van der Waals surface area contributed by atoms with Gasteiger partial charge in [-0.1, -0.05) is 0 Å². The Balaban J connectivity index is 3.48. The van der Waals surface area contributed by atoms with Crippen molar-refractivity contribution >= 4 is 19.7 Å². The number of alkyl halides is 3. The van der Waals surface area contributed by atoms with Gasteiger partial charge in [0, 0.05) is 10.7 Å². The molecule has 0 amide bonds. The molecule has 0 aromatic heterocycles. The van der Waals surface area contributed by atoms with Crippen LogP contribution in [0.1, 0.15) is 11.1 Å². The molecule has 0 unspecified atom stereocenters. The van der Waals surface area contributed by atoms with Gasteiger partial charge in [0.05, 0.1) is 22.1 Å². The lowest BCUT2D eigenvalue weighted by atomic mass is 10.1. The number of hydrogen-bond acceptors (Lipinski definition) is 3. The van der Waals surface area contributed by atoms with Crippen molar-refractivity contribution in [1.82, 2.24) is 0 Å². The molecule has 0 aliphatic carbocycles. The first kappa shape index (κ1) is 12.8. The highest BCUT2D eigenvalue weighted by atomic mass is 35.7. The second-order valence-corrected chi connectivity index (χ2v) is 5.32. The van der Waals surface area contributed by atoms with E-state index in [1.807, 2.05) is 0 Å². The Kier molecular flexibility index (Phi) is 3.17. The van der Waals surface area contributed by atoms with Gasteiger partial charge in [-0.3, -0.25) is 0 Å². The average molecular weight is 270 g/mol. The number of nitrogens with zero attached hydrogens (tertiary/aromatic N) is 1. The van der Waals surface area contributed by atoms with Gasteiger partial charge in [-0.05, 0) is 18.2 Å². The quantitative estimate of drug-likeness (QED) is 0.736. The molecular weight excluding hydrogens is 267 g/mol. The molecule has 16 heavy (non-hydrogen) atoms. The molecule has 0 spiro atoms. The zero-order valence-electron chi connectivity index (χ0n) is 7.42. The summed E-state index contributed by atoms with van der Waals surface area (Å²) in [4.78, 5) is -0.543. The van der Waals surface area contributed by atoms with Crippen molar-refractivity contribution in [3.8, 4) is 6.07 Å². The monoisotopic (exact) mass is 269 g/mol. The largest absolute Gasteiger partial charge is 0.417 e. The van der Waals surface area contributed by atoms with Crippen LogP contribution in [0.3, 0.4) is 0 Å². The minimum atomic E-state index is -4.71. The molecule has 0 N–H and O–H groups in total. The van der Waals surface area contributed by atoms with E-state index in [4.69, 9.17) is 15.9 Å². The van der Waals surface area contributed by atoms with Gasteiger partial charge < -0.3 is 0 Å². The SMILES string of the molecule is N#Cc1cc(S(=O)(=O)Cl)ccc1C(F)(F)F. The molecule has 3 nitrogen and oxygen atoms in total. The van der Waals surface area contributed by atoms with E-state index in [-0.39, 0.29) is 0 Å². The lowest BCUT2D eigenvalue weighted by Gasteiger charge is -2.08. The molecule has 0 saturated heterocycles. The molecular formula is C8H3ClF3NO2S. The molecule has 1 aromatic carbocycles. The van der Waals surface area contributed by atoms with E-state index >= 15 is 0 Å². The zero-order chi connectivity index (χ0) is 12.6. The van der Waals surface area contributed by atoms with Crippen LogP contribution >= 0.6 is 10.7 Å². The van der Waals surface area contributed by atoms with Crippen molar-refractivity contribution < 1.29 is 21.6 Å². The van der Waals surface area contributed by atoms with E-state index in [1.165, 1.54) is 6.07 Å². The molecule has 1 aromatic rings. The van der Waals surface area contributed by atoms with Crippen molar-refractivity contribution in [1.29, 1.82) is 5.26 Å². The van der Waals surface area contributed by atoms with Gasteiger partial charge in [0.1, 0.15) is 0 Å². The summed E-state index contributed by atoms with van der Waals surface area (Å²) in [6.45, 7) is 0. The van der Waals surface area contributed by atoms with Crippen LogP contribution in [0.2, 0.25) is 0 Å². The lowest BCUT2D eigenvalue weighted by molar-refractivity contribution is -0.137. The molecule has 86 valence electrons. The Morgan fingerprint density at radius 3 is 2.25 bits per heavy atom. The van der Waals surface area contributed by atoms with Gasteiger partial charge in [-0.2, -0.15) is 18.4 Å². The Morgan fingerprint density at radius 1 is 1.31 bits per heavy atom. The maximum Gasteiger partial charge on any atom is 0.417 e. The first-order valence-electron chi connectivity index (χ1n) is 3.72. The van der Waals surface area contributed by atoms with Gasteiger partial charge in [0.15, 0.2) is 0 Å². The predicted octanol–water partition coefficient (Wildman–Crippen LogP) is 2.50. The van der Waals surface area contributed by atoms with Gasteiger partial charge in [-0.15, -0.1) is 0 Å². The Labute approximate surface area is 93.5 Å². The van der Waals surface area contributed by atoms with E-state index in [0.717, 1.165) is 0 Å². The number of benzene rings is 1. The number of nitriles is 1. The van der Waals surface area contributed by atoms with Gasteiger partial charge in [-0.25, -0.2) is 8.42 Å². The summed E-state index contributed by atoms with van der Waals surface area (Å²) >= 11 is 0. The Bertz CT molecular complexity index is 560. The van der Waals surface area contributed by atoms with E-state index in [2.05, 4.69) is 0 Å². The summed E-state index contributed by atoms with van der Waals surface area (Å²) in [6, 6.07) is 3.07. The maximum atomic E-state index is 12.3.